The van der Waals surface area contributed by atoms with Crippen LogP contribution in [0.4, 0.5) is 18.0 Å². The van der Waals surface area contributed by atoms with Gasteiger partial charge in [-0.2, -0.15) is 13.2 Å². The van der Waals surface area contributed by atoms with Crippen molar-refractivity contribution in [3.8, 4) is 11.6 Å². The van der Waals surface area contributed by atoms with Crippen molar-refractivity contribution in [2.45, 2.75) is 6.18 Å². The molecule has 1 fully saturated rings. The molecule has 0 aliphatic carbocycles. The van der Waals surface area contributed by atoms with Gasteiger partial charge in [0.25, 0.3) is 11.8 Å². The van der Waals surface area contributed by atoms with Crippen molar-refractivity contribution in [2.24, 2.45) is 0 Å². The smallest absolute Gasteiger partial charge is 0.416 e. The fraction of sp³-hybridized carbons (Fsp3) is 0.158. The monoisotopic (exact) mass is 405 g/mol. The van der Waals surface area contributed by atoms with Crippen LogP contribution in [-0.4, -0.2) is 46.7 Å². The van der Waals surface area contributed by atoms with Crippen LogP contribution in [0.25, 0.3) is 6.08 Å². The van der Waals surface area contributed by atoms with Gasteiger partial charge in [-0.3, -0.25) is 19.4 Å². The van der Waals surface area contributed by atoms with E-state index in [2.05, 4.69) is 4.98 Å². The Morgan fingerprint density at radius 3 is 2.21 bits per heavy atom. The number of hydrogen-bond acceptors (Lipinski definition) is 5. The predicted molar refractivity (Wildman–Crippen MR) is 94.7 cm³/mol. The number of pyridine rings is 1. The maximum Gasteiger partial charge on any atom is 0.416 e. The van der Waals surface area contributed by atoms with Crippen LogP contribution in [0.5, 0.6) is 11.6 Å². The number of halogens is 3. The number of rotatable bonds is 3. The third kappa shape index (κ3) is 4.10. The molecule has 0 bridgehead atoms. The number of urea groups is 1. The van der Waals surface area contributed by atoms with Crippen LogP contribution < -0.4 is 4.74 Å². The minimum atomic E-state index is -4.50. The minimum Gasteiger partial charge on any atom is -0.439 e. The summed E-state index contributed by atoms with van der Waals surface area (Å²) >= 11 is 0. The summed E-state index contributed by atoms with van der Waals surface area (Å²) < 4.78 is 43.6. The number of aromatic nitrogens is 1. The molecule has 29 heavy (non-hydrogen) atoms. The molecule has 1 aliphatic rings. The highest BCUT2D eigenvalue weighted by Crippen LogP contribution is 2.32. The van der Waals surface area contributed by atoms with E-state index in [9.17, 15) is 27.6 Å². The molecule has 150 valence electrons. The van der Waals surface area contributed by atoms with Crippen LogP contribution in [-0.2, 0) is 15.8 Å². The van der Waals surface area contributed by atoms with Gasteiger partial charge in [0.05, 0.1) is 5.56 Å². The third-order valence-electron chi connectivity index (χ3n) is 4.10. The molecule has 4 amide bonds. The zero-order valence-corrected chi connectivity index (χ0v) is 15.2. The molecule has 0 atom stereocenters. The second kappa shape index (κ2) is 7.38. The number of imide groups is 2. The second-order valence-corrected chi connectivity index (χ2v) is 6.13. The Bertz CT molecular complexity index is 990. The summed E-state index contributed by atoms with van der Waals surface area (Å²) in [4.78, 5) is 41.7. The van der Waals surface area contributed by atoms with Crippen molar-refractivity contribution in [3.63, 3.8) is 0 Å². The second-order valence-electron chi connectivity index (χ2n) is 6.13. The summed E-state index contributed by atoms with van der Waals surface area (Å²) in [6.45, 7) is 0. The van der Waals surface area contributed by atoms with Crippen molar-refractivity contribution < 1.29 is 32.3 Å². The van der Waals surface area contributed by atoms with E-state index in [0.717, 1.165) is 21.9 Å². The lowest BCUT2D eigenvalue weighted by Gasteiger charge is -2.28. The van der Waals surface area contributed by atoms with Gasteiger partial charge >= 0.3 is 12.2 Å². The summed E-state index contributed by atoms with van der Waals surface area (Å²) in [5.74, 6) is -1.51. The SMILES string of the molecule is CN1C(=O)C(=Cc2ccc(Oc3cccc(C(F)(F)F)c3)nc2)C(=O)N(C)C1=O. The third-order valence-corrected chi connectivity index (χ3v) is 4.10. The van der Waals surface area contributed by atoms with Crippen molar-refractivity contribution in [1.82, 2.24) is 14.8 Å². The van der Waals surface area contributed by atoms with E-state index in [1.807, 2.05) is 0 Å². The zero-order chi connectivity index (χ0) is 21.3. The number of carbonyl (C=O) groups is 3. The van der Waals surface area contributed by atoms with Gasteiger partial charge in [-0.1, -0.05) is 6.07 Å². The average molecular weight is 405 g/mol. The Morgan fingerprint density at radius 2 is 1.66 bits per heavy atom. The van der Waals surface area contributed by atoms with Gasteiger partial charge in [0.1, 0.15) is 11.3 Å². The predicted octanol–water partition coefficient (Wildman–Crippen LogP) is 3.33. The van der Waals surface area contributed by atoms with Crippen LogP contribution in [0, 0.1) is 0 Å². The summed E-state index contributed by atoms with van der Waals surface area (Å²) in [5.41, 5.74) is -0.703. The highest BCUT2D eigenvalue weighted by atomic mass is 19.4. The zero-order valence-electron chi connectivity index (χ0n) is 15.2. The number of alkyl halides is 3. The Balaban J connectivity index is 1.80. The molecule has 0 unspecified atom stereocenters. The van der Waals surface area contributed by atoms with Gasteiger partial charge in [-0.15, -0.1) is 0 Å². The van der Waals surface area contributed by atoms with E-state index < -0.39 is 29.6 Å². The van der Waals surface area contributed by atoms with Gasteiger partial charge in [0.15, 0.2) is 0 Å². The van der Waals surface area contributed by atoms with Crippen molar-refractivity contribution in [3.05, 3.63) is 59.3 Å². The summed E-state index contributed by atoms with van der Waals surface area (Å²) in [6, 6.07) is 6.45. The fourth-order valence-electron chi connectivity index (χ4n) is 2.54. The van der Waals surface area contributed by atoms with Crippen molar-refractivity contribution in [2.75, 3.05) is 14.1 Å². The normalized spacial score (nSPS) is 15.1. The molecule has 3 rings (SSSR count). The van der Waals surface area contributed by atoms with E-state index in [4.69, 9.17) is 4.74 Å². The number of likely N-dealkylation sites (N-methyl/N-ethyl adjacent to an activating group) is 2. The first kappa shape index (κ1) is 20.1. The summed E-state index contributed by atoms with van der Waals surface area (Å²) in [7, 11) is 2.51. The average Bonchev–Trinajstić information content (AvgIpc) is 2.69. The molecule has 7 nitrogen and oxygen atoms in total. The topological polar surface area (TPSA) is 79.8 Å². The van der Waals surface area contributed by atoms with Crippen LogP contribution in [0.3, 0.4) is 0 Å². The first-order chi connectivity index (χ1) is 13.6. The van der Waals surface area contributed by atoms with E-state index in [-0.39, 0.29) is 17.2 Å². The molecule has 0 saturated carbocycles. The summed E-state index contributed by atoms with van der Waals surface area (Å²) in [5, 5.41) is 0. The quantitative estimate of drug-likeness (QED) is 0.578. The molecule has 1 aliphatic heterocycles. The van der Waals surface area contributed by atoms with Gasteiger partial charge in [0, 0.05) is 26.4 Å². The number of hydrogen-bond donors (Lipinski definition) is 0. The first-order valence-electron chi connectivity index (χ1n) is 8.21. The lowest BCUT2D eigenvalue weighted by atomic mass is 10.1. The lowest BCUT2D eigenvalue weighted by Crippen LogP contribution is -2.52. The molecule has 1 saturated heterocycles. The molecule has 1 aromatic carbocycles. The van der Waals surface area contributed by atoms with Gasteiger partial charge < -0.3 is 4.74 Å². The minimum absolute atomic E-state index is 0.0252. The van der Waals surface area contributed by atoms with Crippen LogP contribution in [0.2, 0.25) is 0 Å². The van der Waals surface area contributed by atoms with Crippen molar-refractivity contribution in [1.29, 1.82) is 0 Å². The van der Waals surface area contributed by atoms with E-state index in [0.29, 0.717) is 5.56 Å². The first-order valence-corrected chi connectivity index (χ1v) is 8.21. The molecule has 10 heteroatoms. The largest absolute Gasteiger partial charge is 0.439 e. The highest BCUT2D eigenvalue weighted by Gasteiger charge is 2.37. The Morgan fingerprint density at radius 1 is 1.00 bits per heavy atom. The molecule has 0 radical (unpaired) electrons. The van der Waals surface area contributed by atoms with Gasteiger partial charge in [-0.25, -0.2) is 9.78 Å². The lowest BCUT2D eigenvalue weighted by molar-refractivity contribution is -0.138. The van der Waals surface area contributed by atoms with Gasteiger partial charge in [0.2, 0.25) is 5.88 Å². The Hall–Kier alpha value is -3.69. The number of barbiturate groups is 1. The molecular weight excluding hydrogens is 391 g/mol. The fourth-order valence-corrected chi connectivity index (χ4v) is 2.54. The molecule has 0 N–H and O–H groups in total. The maximum atomic E-state index is 12.8. The standard InChI is InChI=1S/C19H14F3N3O4/c1-24-16(26)14(17(27)25(2)18(24)28)8-11-6-7-15(23-10-11)29-13-5-3-4-12(9-13)19(20,21)22/h3-10H,1-2H3. The maximum absolute atomic E-state index is 12.8. The van der Waals surface area contributed by atoms with Crippen LogP contribution >= 0.6 is 0 Å². The van der Waals surface area contributed by atoms with E-state index in [1.165, 1.54) is 50.6 Å². The summed E-state index contributed by atoms with van der Waals surface area (Å²) in [6.07, 6.45) is -1.94. The number of nitrogens with zero attached hydrogens (tertiary/aromatic N) is 3. The Kier molecular flexibility index (Phi) is 5.10. The molecule has 0 spiro atoms. The number of carbonyl (C=O) groups excluding carboxylic acids is 3. The highest BCUT2D eigenvalue weighted by molar-refractivity contribution is 6.30. The molecule has 2 aromatic rings. The van der Waals surface area contributed by atoms with E-state index >= 15 is 0 Å². The van der Waals surface area contributed by atoms with Crippen LogP contribution in [0.15, 0.2) is 48.2 Å². The number of ether oxygens (including phenoxy) is 1. The Labute approximate surface area is 163 Å². The van der Waals surface area contributed by atoms with Crippen LogP contribution in [0.1, 0.15) is 11.1 Å². The molecule has 1 aromatic heterocycles. The number of amides is 4. The van der Waals surface area contributed by atoms with E-state index in [1.54, 1.807) is 0 Å². The van der Waals surface area contributed by atoms with Crippen molar-refractivity contribution >= 4 is 23.9 Å². The molecule has 2 heterocycles. The number of benzene rings is 1. The molecular formula is C19H14F3N3O4. The van der Waals surface area contributed by atoms with Gasteiger partial charge in [-0.05, 0) is 35.9 Å².